The second kappa shape index (κ2) is 5.62. The monoisotopic (exact) mass is 243 g/mol. The maximum atomic E-state index is 5.09. The molecule has 88 valence electrons. The number of halogens is 1. The second-order valence-electron chi connectivity index (χ2n) is 3.38. The van der Waals surface area contributed by atoms with Crippen molar-refractivity contribution in [2.75, 3.05) is 7.05 Å². The summed E-state index contributed by atoms with van der Waals surface area (Å²) in [6.07, 6.45) is 2.39. The van der Waals surface area contributed by atoms with Gasteiger partial charge in [-0.25, -0.2) is 0 Å². The minimum Gasteiger partial charge on any atom is -0.332 e. The molecule has 2 heterocycles. The van der Waals surface area contributed by atoms with E-state index >= 15 is 0 Å². The number of likely N-dealkylation sites (N-methyl/N-ethyl adjacent to an activating group) is 1. The van der Waals surface area contributed by atoms with E-state index in [1.54, 1.807) is 12.3 Å². The molecule has 2 N–H and O–H groups in total. The van der Waals surface area contributed by atoms with Crippen LogP contribution in [-0.4, -0.2) is 33.4 Å². The van der Waals surface area contributed by atoms with Gasteiger partial charge in [-0.3, -0.25) is 5.10 Å². The third kappa shape index (κ3) is 2.80. The zero-order valence-electron chi connectivity index (χ0n) is 9.10. The van der Waals surface area contributed by atoms with Gasteiger partial charge in [0, 0.05) is 18.7 Å². The van der Waals surface area contributed by atoms with Gasteiger partial charge in [-0.05, 0) is 20.0 Å². The number of rotatable bonds is 4. The zero-order chi connectivity index (χ0) is 10.7. The lowest BCUT2D eigenvalue weighted by Crippen LogP contribution is -2.24. The Morgan fingerprint density at radius 1 is 1.56 bits per heavy atom. The molecular weight excluding hydrogens is 230 g/mol. The smallest absolute Gasteiger partial charge is 0.275 e. The number of aromatic nitrogens is 4. The van der Waals surface area contributed by atoms with Crippen molar-refractivity contribution in [1.29, 1.82) is 0 Å². The summed E-state index contributed by atoms with van der Waals surface area (Å²) in [4.78, 5) is 4.25. The topological polar surface area (TPSA) is 79.6 Å². The molecule has 2 rings (SSSR count). The molecule has 0 aromatic carbocycles. The first-order chi connectivity index (χ1) is 7.29. The third-order valence-electron chi connectivity index (χ3n) is 2.18. The number of hydrogen-bond acceptors (Lipinski definition) is 5. The van der Waals surface area contributed by atoms with E-state index in [1.807, 2.05) is 7.05 Å². The Balaban J connectivity index is 0.00000128. The normalized spacial score (nSPS) is 12.1. The Morgan fingerprint density at radius 2 is 2.38 bits per heavy atom. The van der Waals surface area contributed by atoms with E-state index < -0.39 is 0 Å². The van der Waals surface area contributed by atoms with E-state index in [-0.39, 0.29) is 12.4 Å². The van der Waals surface area contributed by atoms with Crippen LogP contribution in [0.2, 0.25) is 0 Å². The van der Waals surface area contributed by atoms with E-state index in [0.717, 1.165) is 12.1 Å². The lowest BCUT2D eigenvalue weighted by molar-refractivity contribution is 0.417. The van der Waals surface area contributed by atoms with Crippen LogP contribution in [-0.2, 0) is 6.42 Å². The molecule has 1 atom stereocenters. The molecule has 0 aliphatic carbocycles. The van der Waals surface area contributed by atoms with E-state index in [2.05, 4.69) is 32.6 Å². The van der Waals surface area contributed by atoms with Crippen molar-refractivity contribution < 1.29 is 4.52 Å². The fourth-order valence-corrected chi connectivity index (χ4v) is 1.20. The quantitative estimate of drug-likeness (QED) is 0.839. The van der Waals surface area contributed by atoms with Gasteiger partial charge in [-0.15, -0.1) is 12.4 Å². The van der Waals surface area contributed by atoms with E-state index in [9.17, 15) is 0 Å². The number of H-pyrrole nitrogens is 1. The van der Waals surface area contributed by atoms with Gasteiger partial charge in [0.25, 0.3) is 5.89 Å². The van der Waals surface area contributed by atoms with Crippen LogP contribution in [0.5, 0.6) is 0 Å². The maximum absolute atomic E-state index is 5.09. The molecule has 0 saturated heterocycles. The van der Waals surface area contributed by atoms with Crippen LogP contribution in [0.3, 0.4) is 0 Å². The molecule has 7 heteroatoms. The molecule has 0 fully saturated rings. The maximum Gasteiger partial charge on any atom is 0.275 e. The zero-order valence-corrected chi connectivity index (χ0v) is 9.91. The lowest BCUT2D eigenvalue weighted by Gasteiger charge is -2.04. The summed E-state index contributed by atoms with van der Waals surface area (Å²) in [7, 11) is 1.90. The Morgan fingerprint density at radius 3 is 3.00 bits per heavy atom. The van der Waals surface area contributed by atoms with Gasteiger partial charge in [0.05, 0.1) is 0 Å². The van der Waals surface area contributed by atoms with Crippen molar-refractivity contribution >= 4 is 12.4 Å². The summed E-state index contributed by atoms with van der Waals surface area (Å²) in [5.41, 5.74) is 0.742. The molecule has 0 aliphatic rings. The second-order valence-corrected chi connectivity index (χ2v) is 3.38. The van der Waals surface area contributed by atoms with Crippen LogP contribution in [0.4, 0.5) is 0 Å². The fraction of sp³-hybridized carbons (Fsp3) is 0.444. The van der Waals surface area contributed by atoms with E-state index in [0.29, 0.717) is 17.8 Å². The molecule has 0 radical (unpaired) electrons. The fourth-order valence-electron chi connectivity index (χ4n) is 1.20. The summed E-state index contributed by atoms with van der Waals surface area (Å²) in [5, 5.41) is 13.6. The largest absolute Gasteiger partial charge is 0.332 e. The minimum atomic E-state index is 0. The third-order valence-corrected chi connectivity index (χ3v) is 2.18. The van der Waals surface area contributed by atoms with Gasteiger partial charge in [0.2, 0.25) is 0 Å². The number of nitrogens with one attached hydrogen (secondary N) is 2. The molecule has 1 unspecified atom stereocenters. The van der Waals surface area contributed by atoms with Gasteiger partial charge in [0.1, 0.15) is 5.69 Å². The van der Waals surface area contributed by atoms with Crippen LogP contribution in [0, 0.1) is 0 Å². The van der Waals surface area contributed by atoms with E-state index in [1.165, 1.54) is 0 Å². The number of nitrogens with zero attached hydrogens (tertiary/aromatic N) is 3. The van der Waals surface area contributed by atoms with Crippen molar-refractivity contribution in [3.8, 4) is 11.6 Å². The van der Waals surface area contributed by atoms with Crippen LogP contribution in [0.1, 0.15) is 12.7 Å². The van der Waals surface area contributed by atoms with Gasteiger partial charge in [0.15, 0.2) is 5.82 Å². The molecule has 0 aliphatic heterocycles. The molecule has 0 amide bonds. The molecule has 0 saturated carbocycles. The van der Waals surface area contributed by atoms with Gasteiger partial charge < -0.3 is 9.84 Å². The molecule has 0 bridgehead atoms. The molecule has 6 nitrogen and oxygen atoms in total. The summed E-state index contributed by atoms with van der Waals surface area (Å²) in [6.45, 7) is 2.06. The van der Waals surface area contributed by atoms with Gasteiger partial charge in [-0.2, -0.15) is 10.1 Å². The highest BCUT2D eigenvalue weighted by Gasteiger charge is 2.11. The lowest BCUT2D eigenvalue weighted by atomic mass is 10.2. The van der Waals surface area contributed by atoms with Gasteiger partial charge >= 0.3 is 0 Å². The highest BCUT2D eigenvalue weighted by Crippen LogP contribution is 2.13. The van der Waals surface area contributed by atoms with Crippen molar-refractivity contribution in [2.24, 2.45) is 0 Å². The first kappa shape index (κ1) is 12.7. The highest BCUT2D eigenvalue weighted by molar-refractivity contribution is 5.85. The molecule has 0 spiro atoms. The Labute approximate surface area is 99.2 Å². The summed E-state index contributed by atoms with van der Waals surface area (Å²) >= 11 is 0. The first-order valence-electron chi connectivity index (χ1n) is 4.79. The highest BCUT2D eigenvalue weighted by atomic mass is 35.5. The average molecular weight is 244 g/mol. The summed E-state index contributed by atoms with van der Waals surface area (Å²) in [5.74, 6) is 1.17. The van der Waals surface area contributed by atoms with Crippen molar-refractivity contribution in [2.45, 2.75) is 19.4 Å². The van der Waals surface area contributed by atoms with Crippen LogP contribution < -0.4 is 5.32 Å². The number of aromatic amines is 1. The molecule has 2 aromatic rings. The first-order valence-corrected chi connectivity index (χ1v) is 4.79. The predicted molar refractivity (Wildman–Crippen MR) is 61.4 cm³/mol. The van der Waals surface area contributed by atoms with Crippen molar-refractivity contribution in [1.82, 2.24) is 25.7 Å². The van der Waals surface area contributed by atoms with Gasteiger partial charge in [-0.1, -0.05) is 5.16 Å². The summed E-state index contributed by atoms with van der Waals surface area (Å²) in [6, 6.07) is 2.12. The van der Waals surface area contributed by atoms with E-state index in [4.69, 9.17) is 4.52 Å². The molecule has 16 heavy (non-hydrogen) atoms. The summed E-state index contributed by atoms with van der Waals surface area (Å²) < 4.78 is 5.09. The molecule has 2 aromatic heterocycles. The van der Waals surface area contributed by atoms with Crippen molar-refractivity contribution in [3.63, 3.8) is 0 Å². The Hall–Kier alpha value is -1.40. The predicted octanol–water partition coefficient (Wildman–Crippen LogP) is 1.03. The van der Waals surface area contributed by atoms with Crippen molar-refractivity contribution in [3.05, 3.63) is 18.1 Å². The Bertz CT molecular complexity index is 413. The standard InChI is InChI=1S/C9H13N5O.ClH/c1-6(10-2)5-8-12-9(15-14-8)7-3-4-11-13-7;/h3-4,6,10H,5H2,1-2H3,(H,11,13);1H. The number of hydrogen-bond donors (Lipinski definition) is 2. The van der Waals surface area contributed by atoms with Crippen LogP contribution in [0.25, 0.3) is 11.6 Å². The van der Waals surface area contributed by atoms with Crippen LogP contribution in [0.15, 0.2) is 16.8 Å². The average Bonchev–Trinajstić information content (AvgIpc) is 2.85. The minimum absolute atomic E-state index is 0. The van der Waals surface area contributed by atoms with Crippen LogP contribution >= 0.6 is 12.4 Å². The SMILES string of the molecule is CNC(C)Cc1noc(-c2ccn[nH]2)n1.Cl. The molecular formula is C9H14ClN5O. The Kier molecular flexibility index (Phi) is 4.45.